The van der Waals surface area contributed by atoms with E-state index in [1.54, 1.807) is 5.57 Å². The smallest absolute Gasteiger partial charge is 0.220 e. The average Bonchev–Trinajstić information content (AvgIpc) is 2.78. The number of fused-ring (bicyclic) bond motifs is 1. The normalized spacial score (nSPS) is 23.9. The Morgan fingerprint density at radius 2 is 1.88 bits per heavy atom. The molecule has 6 N–H and O–H groups in total. The minimum absolute atomic E-state index is 0.114. The van der Waals surface area contributed by atoms with Crippen molar-refractivity contribution in [3.63, 3.8) is 0 Å². The Balaban J connectivity index is 1.49. The van der Waals surface area contributed by atoms with E-state index in [2.05, 4.69) is 54.3 Å². The van der Waals surface area contributed by atoms with Crippen molar-refractivity contribution in [1.82, 2.24) is 10.6 Å². The fourth-order valence-corrected chi connectivity index (χ4v) is 5.11. The van der Waals surface area contributed by atoms with Gasteiger partial charge in [0, 0.05) is 25.2 Å². The molecule has 2 rings (SSSR count). The van der Waals surface area contributed by atoms with Crippen LogP contribution in [-0.2, 0) is 4.79 Å². The van der Waals surface area contributed by atoms with Crippen LogP contribution in [0.5, 0.6) is 0 Å². The Hall–Kier alpha value is -2.24. The van der Waals surface area contributed by atoms with Crippen LogP contribution in [0.1, 0.15) is 78.1 Å². The van der Waals surface area contributed by atoms with Gasteiger partial charge < -0.3 is 22.1 Å². The Morgan fingerprint density at radius 1 is 1.09 bits per heavy atom. The van der Waals surface area contributed by atoms with E-state index in [1.807, 2.05) is 0 Å². The van der Waals surface area contributed by atoms with Crippen LogP contribution < -0.4 is 22.1 Å². The standard InChI is InChI=1S/C27H47N5O/c1-20-12-15-25-23(18-20)14-13-21(2)24(25)10-6-4-5-7-11-26(33)32-19-22(3)30-16-8-9-17-31-27(28)29/h13-14,18,20-21,24-25,30H,3-12,15-17,19H2,1-2H3,(H,32,33)(H4,28,29,31)/t20-,21?,24?,25?/m1/s1. The number of rotatable bonds is 15. The monoisotopic (exact) mass is 457 g/mol. The molecule has 0 saturated heterocycles. The lowest BCUT2D eigenvalue weighted by molar-refractivity contribution is -0.121. The van der Waals surface area contributed by atoms with E-state index >= 15 is 0 Å². The number of aliphatic imine (C=N–C) groups is 1. The molecule has 186 valence electrons. The second kappa shape index (κ2) is 14.8. The zero-order valence-electron chi connectivity index (χ0n) is 21.0. The highest BCUT2D eigenvalue weighted by molar-refractivity contribution is 5.76. The Labute approximate surface area is 201 Å². The summed E-state index contributed by atoms with van der Waals surface area (Å²) in [5.41, 5.74) is 13.0. The van der Waals surface area contributed by atoms with Gasteiger partial charge in [-0.1, -0.05) is 57.9 Å². The molecule has 4 atom stereocenters. The van der Waals surface area contributed by atoms with Crippen molar-refractivity contribution in [3.05, 3.63) is 36.1 Å². The molecule has 0 bridgehead atoms. The SMILES string of the molecule is C=C(CNC(=O)CCCCCCC1C(C)C=CC2=C[C@H](C)CCC21)NCCCCN=C(N)N. The van der Waals surface area contributed by atoms with Crippen molar-refractivity contribution in [3.8, 4) is 0 Å². The van der Waals surface area contributed by atoms with Gasteiger partial charge in [0.15, 0.2) is 5.96 Å². The number of nitrogens with zero attached hydrogens (tertiary/aromatic N) is 1. The molecule has 0 aromatic heterocycles. The Bertz CT molecular complexity index is 707. The van der Waals surface area contributed by atoms with Gasteiger partial charge in [0.1, 0.15) is 0 Å². The van der Waals surface area contributed by atoms with E-state index in [4.69, 9.17) is 11.5 Å². The molecular formula is C27H47N5O. The summed E-state index contributed by atoms with van der Waals surface area (Å²) in [6.45, 7) is 10.6. The summed E-state index contributed by atoms with van der Waals surface area (Å²) in [6.07, 6.45) is 18.4. The van der Waals surface area contributed by atoms with E-state index in [-0.39, 0.29) is 11.9 Å². The lowest BCUT2D eigenvalue weighted by atomic mass is 9.67. The van der Waals surface area contributed by atoms with Crippen LogP contribution in [0.3, 0.4) is 0 Å². The summed E-state index contributed by atoms with van der Waals surface area (Å²) in [4.78, 5) is 16.1. The molecule has 0 fully saturated rings. The second-order valence-electron chi connectivity index (χ2n) is 9.98. The summed E-state index contributed by atoms with van der Waals surface area (Å²) in [5, 5.41) is 6.20. The number of amides is 1. The van der Waals surface area contributed by atoms with Gasteiger partial charge in [0.2, 0.25) is 5.91 Å². The van der Waals surface area contributed by atoms with Gasteiger partial charge in [-0.25, -0.2) is 0 Å². The number of unbranched alkanes of at least 4 members (excludes halogenated alkanes) is 4. The van der Waals surface area contributed by atoms with Crippen molar-refractivity contribution < 1.29 is 4.79 Å². The predicted octanol–water partition coefficient (Wildman–Crippen LogP) is 4.39. The zero-order chi connectivity index (χ0) is 24.1. The van der Waals surface area contributed by atoms with Crippen LogP contribution in [0.25, 0.3) is 0 Å². The van der Waals surface area contributed by atoms with Crippen LogP contribution in [-0.4, -0.2) is 31.5 Å². The molecule has 2 aliphatic rings. The first-order valence-corrected chi connectivity index (χ1v) is 13.0. The molecule has 0 saturated carbocycles. The molecule has 0 aliphatic heterocycles. The topological polar surface area (TPSA) is 106 Å². The highest BCUT2D eigenvalue weighted by Gasteiger charge is 2.32. The fraction of sp³-hybridized carbons (Fsp3) is 0.704. The van der Waals surface area contributed by atoms with Gasteiger partial charge in [-0.2, -0.15) is 0 Å². The number of allylic oxidation sites excluding steroid dienone is 4. The lowest BCUT2D eigenvalue weighted by Crippen LogP contribution is -2.30. The van der Waals surface area contributed by atoms with Crippen molar-refractivity contribution >= 4 is 11.9 Å². The minimum Gasteiger partial charge on any atom is -0.387 e. The van der Waals surface area contributed by atoms with E-state index in [1.165, 1.54) is 32.1 Å². The highest BCUT2D eigenvalue weighted by atomic mass is 16.1. The molecule has 33 heavy (non-hydrogen) atoms. The third kappa shape index (κ3) is 10.5. The summed E-state index contributed by atoms with van der Waals surface area (Å²) in [5.74, 6) is 3.23. The predicted molar refractivity (Wildman–Crippen MR) is 140 cm³/mol. The first kappa shape index (κ1) is 27.0. The number of guanidine groups is 1. The number of nitrogens with two attached hydrogens (primary N) is 2. The van der Waals surface area contributed by atoms with Crippen LogP contribution in [0.2, 0.25) is 0 Å². The summed E-state index contributed by atoms with van der Waals surface area (Å²) in [6, 6.07) is 0. The maximum Gasteiger partial charge on any atom is 0.220 e. The third-order valence-corrected chi connectivity index (χ3v) is 7.07. The molecule has 0 aromatic rings. The van der Waals surface area contributed by atoms with Gasteiger partial charge in [-0.15, -0.1) is 0 Å². The highest BCUT2D eigenvalue weighted by Crippen LogP contribution is 2.43. The van der Waals surface area contributed by atoms with Crippen molar-refractivity contribution in [2.45, 2.75) is 78.1 Å². The van der Waals surface area contributed by atoms with E-state index in [0.717, 1.165) is 55.7 Å². The third-order valence-electron chi connectivity index (χ3n) is 7.07. The zero-order valence-corrected chi connectivity index (χ0v) is 21.0. The van der Waals surface area contributed by atoms with Gasteiger partial charge >= 0.3 is 0 Å². The fourth-order valence-electron chi connectivity index (χ4n) is 5.11. The largest absolute Gasteiger partial charge is 0.387 e. The second-order valence-corrected chi connectivity index (χ2v) is 9.98. The molecule has 0 heterocycles. The molecule has 2 aliphatic carbocycles. The summed E-state index contributed by atoms with van der Waals surface area (Å²) >= 11 is 0. The molecule has 0 radical (unpaired) electrons. The van der Waals surface area contributed by atoms with Gasteiger partial charge in [0.25, 0.3) is 0 Å². The molecule has 6 heteroatoms. The van der Waals surface area contributed by atoms with Gasteiger partial charge in [0.05, 0.1) is 6.54 Å². The minimum atomic E-state index is 0.114. The van der Waals surface area contributed by atoms with Gasteiger partial charge in [-0.05, 0) is 67.8 Å². The maximum atomic E-state index is 12.1. The Kier molecular flexibility index (Phi) is 12.1. The Morgan fingerprint density at radius 3 is 2.67 bits per heavy atom. The number of carbonyl (C=O) groups excluding carboxylic acids is 1. The lowest BCUT2D eigenvalue weighted by Gasteiger charge is -2.38. The van der Waals surface area contributed by atoms with Crippen molar-refractivity contribution in [2.75, 3.05) is 19.6 Å². The number of nitrogens with one attached hydrogen (secondary N) is 2. The number of hydrogen-bond donors (Lipinski definition) is 4. The molecule has 0 aromatic carbocycles. The van der Waals surface area contributed by atoms with E-state index < -0.39 is 0 Å². The quantitative estimate of drug-likeness (QED) is 0.166. The summed E-state index contributed by atoms with van der Waals surface area (Å²) < 4.78 is 0. The number of carbonyl (C=O) groups is 1. The number of hydrogen-bond acceptors (Lipinski definition) is 3. The van der Waals surface area contributed by atoms with E-state index in [9.17, 15) is 4.79 Å². The average molecular weight is 458 g/mol. The van der Waals surface area contributed by atoms with Crippen molar-refractivity contribution in [1.29, 1.82) is 0 Å². The summed E-state index contributed by atoms with van der Waals surface area (Å²) in [7, 11) is 0. The molecule has 6 nitrogen and oxygen atoms in total. The van der Waals surface area contributed by atoms with Gasteiger partial charge in [-0.3, -0.25) is 9.79 Å². The van der Waals surface area contributed by atoms with Crippen LogP contribution in [0.15, 0.2) is 41.1 Å². The van der Waals surface area contributed by atoms with Crippen LogP contribution >= 0.6 is 0 Å². The maximum absolute atomic E-state index is 12.1. The molecule has 3 unspecified atom stereocenters. The van der Waals surface area contributed by atoms with E-state index in [0.29, 0.717) is 25.4 Å². The first-order chi connectivity index (χ1) is 15.9. The van der Waals surface area contributed by atoms with Crippen LogP contribution in [0, 0.1) is 23.7 Å². The molecular weight excluding hydrogens is 410 g/mol. The van der Waals surface area contributed by atoms with Crippen molar-refractivity contribution in [2.24, 2.45) is 40.1 Å². The molecule has 1 amide bonds. The first-order valence-electron chi connectivity index (χ1n) is 13.0. The van der Waals surface area contributed by atoms with Crippen LogP contribution in [0.4, 0.5) is 0 Å². The molecule has 0 spiro atoms.